The largest absolute Gasteiger partial charge is 0.451 e. The fourth-order valence-corrected chi connectivity index (χ4v) is 3.59. The molecule has 1 unspecified atom stereocenters. The van der Waals surface area contributed by atoms with Crippen LogP contribution >= 0.6 is 0 Å². The number of para-hydroxylation sites is 1. The summed E-state index contributed by atoms with van der Waals surface area (Å²) < 4.78 is 32.4. The fraction of sp³-hybridized carbons (Fsp3) is 0.389. The highest BCUT2D eigenvalue weighted by atomic mass is 19.3. The van der Waals surface area contributed by atoms with Gasteiger partial charge in [0, 0.05) is 6.54 Å². The van der Waals surface area contributed by atoms with E-state index in [1.54, 1.807) is 30.5 Å². The monoisotopic (exact) mass is 360 g/mol. The number of alkyl halides is 2. The van der Waals surface area contributed by atoms with E-state index in [1.165, 1.54) is 6.39 Å². The van der Waals surface area contributed by atoms with E-state index < -0.39 is 18.5 Å². The van der Waals surface area contributed by atoms with Crippen LogP contribution in [0.25, 0.3) is 10.9 Å². The van der Waals surface area contributed by atoms with E-state index >= 15 is 0 Å². The van der Waals surface area contributed by atoms with Crippen molar-refractivity contribution in [3.05, 3.63) is 58.8 Å². The van der Waals surface area contributed by atoms with Crippen molar-refractivity contribution in [2.75, 3.05) is 6.54 Å². The SMILES string of the molecule is O=c1c2ccccc2nc(C2CCCN2Cc2cocn2)n1CC(F)F. The average molecular weight is 360 g/mol. The quantitative estimate of drug-likeness (QED) is 0.700. The van der Waals surface area contributed by atoms with Crippen molar-refractivity contribution in [1.82, 2.24) is 19.4 Å². The highest BCUT2D eigenvalue weighted by molar-refractivity contribution is 5.77. The van der Waals surface area contributed by atoms with Gasteiger partial charge in [0.15, 0.2) is 6.39 Å². The van der Waals surface area contributed by atoms with E-state index in [0.717, 1.165) is 29.6 Å². The minimum Gasteiger partial charge on any atom is -0.451 e. The van der Waals surface area contributed by atoms with Gasteiger partial charge in [0.05, 0.1) is 29.2 Å². The molecule has 26 heavy (non-hydrogen) atoms. The lowest BCUT2D eigenvalue weighted by atomic mass is 10.1. The van der Waals surface area contributed by atoms with Crippen LogP contribution in [0, 0.1) is 0 Å². The fourth-order valence-electron chi connectivity index (χ4n) is 3.59. The molecule has 136 valence electrons. The van der Waals surface area contributed by atoms with Crippen LogP contribution in [0.1, 0.15) is 30.4 Å². The Morgan fingerprint density at radius 1 is 1.31 bits per heavy atom. The zero-order chi connectivity index (χ0) is 18.1. The molecule has 0 saturated carbocycles. The molecule has 1 fully saturated rings. The third-order valence-corrected chi connectivity index (χ3v) is 4.72. The second kappa shape index (κ2) is 6.95. The summed E-state index contributed by atoms with van der Waals surface area (Å²) in [5.74, 6) is 0.398. The summed E-state index contributed by atoms with van der Waals surface area (Å²) in [4.78, 5) is 23.6. The van der Waals surface area contributed by atoms with Gasteiger partial charge in [-0.05, 0) is 31.5 Å². The van der Waals surface area contributed by atoms with Gasteiger partial charge in [0.2, 0.25) is 0 Å². The number of benzene rings is 1. The first-order valence-corrected chi connectivity index (χ1v) is 8.52. The van der Waals surface area contributed by atoms with Gasteiger partial charge in [-0.25, -0.2) is 18.7 Å². The van der Waals surface area contributed by atoms with Crippen LogP contribution in [-0.4, -0.2) is 32.4 Å². The predicted molar refractivity (Wildman–Crippen MR) is 90.9 cm³/mol. The van der Waals surface area contributed by atoms with Gasteiger partial charge in [-0.2, -0.15) is 0 Å². The number of aromatic nitrogens is 3. The van der Waals surface area contributed by atoms with E-state index in [1.807, 2.05) is 0 Å². The molecule has 0 amide bonds. The maximum atomic E-state index is 13.1. The molecule has 0 aliphatic carbocycles. The van der Waals surface area contributed by atoms with Crippen molar-refractivity contribution in [3.63, 3.8) is 0 Å². The van der Waals surface area contributed by atoms with E-state index in [2.05, 4.69) is 14.9 Å². The number of hydrogen-bond donors (Lipinski definition) is 0. The molecule has 0 bridgehead atoms. The molecule has 1 aromatic carbocycles. The summed E-state index contributed by atoms with van der Waals surface area (Å²) >= 11 is 0. The summed E-state index contributed by atoms with van der Waals surface area (Å²) in [5, 5.41) is 0.359. The van der Waals surface area contributed by atoms with Crippen LogP contribution in [0.2, 0.25) is 0 Å². The normalized spacial score (nSPS) is 18.2. The predicted octanol–water partition coefficient (Wildman–Crippen LogP) is 2.99. The van der Waals surface area contributed by atoms with Gasteiger partial charge in [0.1, 0.15) is 12.1 Å². The third-order valence-electron chi connectivity index (χ3n) is 4.72. The van der Waals surface area contributed by atoms with Gasteiger partial charge in [-0.1, -0.05) is 12.1 Å². The van der Waals surface area contributed by atoms with Crippen molar-refractivity contribution in [1.29, 1.82) is 0 Å². The van der Waals surface area contributed by atoms with E-state index in [9.17, 15) is 13.6 Å². The summed E-state index contributed by atoms with van der Waals surface area (Å²) in [6, 6.07) is 6.66. The molecule has 0 radical (unpaired) electrons. The molecule has 0 spiro atoms. The zero-order valence-electron chi connectivity index (χ0n) is 14.0. The summed E-state index contributed by atoms with van der Waals surface area (Å²) in [6.07, 6.45) is 1.96. The Hall–Kier alpha value is -2.61. The zero-order valence-corrected chi connectivity index (χ0v) is 14.0. The van der Waals surface area contributed by atoms with Gasteiger partial charge in [0.25, 0.3) is 12.0 Å². The molecule has 1 saturated heterocycles. The number of fused-ring (bicyclic) bond motifs is 1. The molecule has 4 rings (SSSR count). The van der Waals surface area contributed by atoms with Crippen LogP contribution in [0.15, 0.2) is 46.1 Å². The lowest BCUT2D eigenvalue weighted by molar-refractivity contribution is 0.120. The Balaban J connectivity index is 1.79. The first-order chi connectivity index (χ1) is 12.6. The number of likely N-dealkylation sites (tertiary alicyclic amines) is 1. The second-order valence-electron chi connectivity index (χ2n) is 6.40. The van der Waals surface area contributed by atoms with Crippen molar-refractivity contribution in [2.45, 2.75) is 38.4 Å². The Morgan fingerprint density at radius 3 is 2.92 bits per heavy atom. The lowest BCUT2D eigenvalue weighted by Crippen LogP contribution is -2.33. The van der Waals surface area contributed by atoms with Crippen molar-refractivity contribution in [2.24, 2.45) is 0 Å². The standard InChI is InChI=1S/C18H18F2N4O2/c19-16(20)9-24-17(22-14-5-2-1-4-13(14)18(24)25)15-6-3-7-23(15)8-12-10-26-11-21-12/h1-2,4-5,10-11,15-16H,3,6-9H2. The smallest absolute Gasteiger partial charge is 0.261 e. The molecule has 8 heteroatoms. The molecule has 2 aromatic heterocycles. The maximum absolute atomic E-state index is 13.1. The highest BCUT2D eigenvalue weighted by Gasteiger charge is 2.31. The van der Waals surface area contributed by atoms with Crippen molar-refractivity contribution >= 4 is 10.9 Å². The molecule has 3 heterocycles. The van der Waals surface area contributed by atoms with Gasteiger partial charge in [-0.15, -0.1) is 0 Å². The molecular formula is C18H18F2N4O2. The van der Waals surface area contributed by atoms with Gasteiger partial charge in [-0.3, -0.25) is 14.3 Å². The maximum Gasteiger partial charge on any atom is 0.261 e. The average Bonchev–Trinajstić information content (AvgIpc) is 3.29. The first kappa shape index (κ1) is 16.8. The summed E-state index contributed by atoms with van der Waals surface area (Å²) in [6.45, 7) is 0.660. The molecule has 1 aliphatic rings. The Kier molecular flexibility index (Phi) is 4.50. The first-order valence-electron chi connectivity index (χ1n) is 8.52. The van der Waals surface area contributed by atoms with E-state index in [0.29, 0.717) is 23.3 Å². The third kappa shape index (κ3) is 3.12. The molecule has 3 aromatic rings. The number of oxazole rings is 1. The van der Waals surface area contributed by atoms with Crippen LogP contribution in [0.5, 0.6) is 0 Å². The van der Waals surface area contributed by atoms with Crippen LogP contribution in [-0.2, 0) is 13.1 Å². The molecular weight excluding hydrogens is 342 g/mol. The van der Waals surface area contributed by atoms with E-state index in [-0.39, 0.29) is 6.04 Å². The van der Waals surface area contributed by atoms with Crippen molar-refractivity contribution in [3.8, 4) is 0 Å². The highest BCUT2D eigenvalue weighted by Crippen LogP contribution is 2.32. The Labute approximate surface area is 148 Å². The number of halogens is 2. The summed E-state index contributed by atoms with van der Waals surface area (Å²) in [5.41, 5.74) is 0.880. The number of rotatable bonds is 5. The second-order valence-corrected chi connectivity index (χ2v) is 6.40. The summed E-state index contributed by atoms with van der Waals surface area (Å²) in [7, 11) is 0. The van der Waals surface area contributed by atoms with Crippen molar-refractivity contribution < 1.29 is 13.2 Å². The van der Waals surface area contributed by atoms with E-state index in [4.69, 9.17) is 4.42 Å². The van der Waals surface area contributed by atoms with Crippen LogP contribution < -0.4 is 5.56 Å². The Bertz CT molecular complexity index is 955. The molecule has 1 aliphatic heterocycles. The molecule has 1 atom stereocenters. The topological polar surface area (TPSA) is 64.2 Å². The molecule has 0 N–H and O–H groups in total. The van der Waals surface area contributed by atoms with Gasteiger partial charge < -0.3 is 4.42 Å². The number of nitrogens with zero attached hydrogens (tertiary/aromatic N) is 4. The Morgan fingerprint density at radius 2 is 2.15 bits per heavy atom. The minimum atomic E-state index is -2.63. The number of hydrogen-bond acceptors (Lipinski definition) is 5. The molecule has 6 nitrogen and oxygen atoms in total. The minimum absolute atomic E-state index is 0.206. The van der Waals surface area contributed by atoms with Crippen LogP contribution in [0.3, 0.4) is 0 Å². The lowest BCUT2D eigenvalue weighted by Gasteiger charge is -2.25. The van der Waals surface area contributed by atoms with Gasteiger partial charge >= 0.3 is 0 Å². The van der Waals surface area contributed by atoms with Crippen LogP contribution in [0.4, 0.5) is 8.78 Å².